The average Bonchev–Trinajstić information content (AvgIpc) is 1.85. The Morgan fingerprint density at radius 3 is 2.50 bits per heavy atom. The van der Waals surface area contributed by atoms with Gasteiger partial charge in [-0.15, -0.1) is 18.8 Å². The van der Waals surface area contributed by atoms with Gasteiger partial charge in [-0.1, -0.05) is 19.3 Å². The summed E-state index contributed by atoms with van der Waals surface area (Å²) in [6.45, 7) is 4.09. The molecule has 0 aromatic rings. The van der Waals surface area contributed by atoms with Crippen molar-refractivity contribution in [3.63, 3.8) is 0 Å². The molecule has 0 unspecified atom stereocenters. The van der Waals surface area contributed by atoms with Gasteiger partial charge in [0.25, 0.3) is 0 Å². The van der Waals surface area contributed by atoms with Gasteiger partial charge < -0.3 is 0 Å². The highest BCUT2D eigenvalue weighted by Crippen LogP contribution is 1.89. The van der Waals surface area contributed by atoms with E-state index in [1.54, 1.807) is 0 Å². The zero-order chi connectivity index (χ0) is 7.11. The Balaban J connectivity index is 0. The Morgan fingerprint density at radius 2 is 2.10 bits per heavy atom. The van der Waals surface area contributed by atoms with Gasteiger partial charge in [0.2, 0.25) is 0 Å². The van der Waals surface area contributed by atoms with Crippen LogP contribution >= 0.6 is 12.4 Å². The fraction of sp³-hybridized carbons (Fsp3) is 0.750. The van der Waals surface area contributed by atoms with Crippen molar-refractivity contribution in [2.75, 3.05) is 20.1 Å². The topological polar surface area (TPSA) is 3.24 Å². The zero-order valence-corrected chi connectivity index (χ0v) is 7.58. The van der Waals surface area contributed by atoms with Crippen LogP contribution in [0.1, 0.15) is 19.8 Å². The van der Waals surface area contributed by atoms with E-state index in [1.807, 2.05) is 0 Å². The molecule has 0 N–H and O–H groups in total. The van der Waals surface area contributed by atoms with Crippen molar-refractivity contribution in [1.29, 1.82) is 0 Å². The molecule has 0 rings (SSSR count). The average molecular weight is 162 g/mol. The summed E-state index contributed by atoms with van der Waals surface area (Å²) < 4.78 is 0. The number of nitrogens with zero attached hydrogens (tertiary/aromatic N) is 1. The Labute approximate surface area is 70.2 Å². The Hall–Kier alpha value is -0.190. The molecule has 0 saturated carbocycles. The van der Waals surface area contributed by atoms with E-state index < -0.39 is 0 Å². The molecule has 0 amide bonds. The van der Waals surface area contributed by atoms with Crippen LogP contribution in [-0.4, -0.2) is 25.0 Å². The lowest BCUT2D eigenvalue weighted by atomic mass is 10.3. The normalized spacial score (nSPS) is 8.60. The summed E-state index contributed by atoms with van der Waals surface area (Å²) >= 11 is 0. The van der Waals surface area contributed by atoms with Gasteiger partial charge >= 0.3 is 0 Å². The number of hydrogen-bond donors (Lipinski definition) is 0. The molecule has 2 heteroatoms. The second kappa shape index (κ2) is 8.81. The van der Waals surface area contributed by atoms with Gasteiger partial charge in [0.1, 0.15) is 0 Å². The molecule has 0 fully saturated rings. The smallest absolute Gasteiger partial charge is 0.0596 e. The highest BCUT2D eigenvalue weighted by Gasteiger charge is 1.91. The van der Waals surface area contributed by atoms with Crippen LogP contribution in [0.3, 0.4) is 0 Å². The predicted molar refractivity (Wildman–Crippen MR) is 48.5 cm³/mol. The van der Waals surface area contributed by atoms with Crippen LogP contribution in [0.5, 0.6) is 0 Å². The van der Waals surface area contributed by atoms with Gasteiger partial charge in [-0.3, -0.25) is 4.90 Å². The van der Waals surface area contributed by atoms with E-state index in [4.69, 9.17) is 6.42 Å². The lowest BCUT2D eigenvalue weighted by Crippen LogP contribution is -2.19. The summed E-state index contributed by atoms with van der Waals surface area (Å²) in [6.07, 6.45) is 7.60. The number of rotatable bonds is 4. The van der Waals surface area contributed by atoms with Gasteiger partial charge in [0.05, 0.1) is 6.54 Å². The third-order valence-electron chi connectivity index (χ3n) is 1.25. The maximum Gasteiger partial charge on any atom is 0.0596 e. The van der Waals surface area contributed by atoms with Gasteiger partial charge in [0, 0.05) is 0 Å². The molecular formula is C8H16ClN. The van der Waals surface area contributed by atoms with E-state index in [9.17, 15) is 0 Å². The third-order valence-corrected chi connectivity index (χ3v) is 1.25. The van der Waals surface area contributed by atoms with Crippen LogP contribution in [-0.2, 0) is 0 Å². The van der Waals surface area contributed by atoms with Crippen LogP contribution in [0.15, 0.2) is 0 Å². The minimum Gasteiger partial charge on any atom is -0.295 e. The first-order chi connectivity index (χ1) is 4.31. The highest BCUT2D eigenvalue weighted by molar-refractivity contribution is 5.85. The molecule has 0 bridgehead atoms. The molecule has 0 aliphatic rings. The quantitative estimate of drug-likeness (QED) is 0.569. The standard InChI is InChI=1S/C8H15N.ClH/c1-4-6-8-9(3)7-5-2;/h2H,4,6-8H2,1,3H3;1H. The number of unbranched alkanes of at least 4 members (excludes halogenated alkanes) is 1. The molecule has 0 saturated heterocycles. The molecule has 1 nitrogen and oxygen atoms in total. The molecule has 0 aliphatic heterocycles. The lowest BCUT2D eigenvalue weighted by molar-refractivity contribution is 0.367. The number of hydrogen-bond acceptors (Lipinski definition) is 1. The van der Waals surface area contributed by atoms with Crippen molar-refractivity contribution in [3.05, 3.63) is 0 Å². The molecule has 60 valence electrons. The van der Waals surface area contributed by atoms with E-state index in [0.717, 1.165) is 13.1 Å². The van der Waals surface area contributed by atoms with E-state index in [-0.39, 0.29) is 12.4 Å². The van der Waals surface area contributed by atoms with Crippen LogP contribution < -0.4 is 0 Å². The maximum absolute atomic E-state index is 5.11. The van der Waals surface area contributed by atoms with Crippen LogP contribution in [0.25, 0.3) is 0 Å². The number of terminal acetylenes is 1. The second-order valence-electron chi connectivity index (χ2n) is 2.30. The zero-order valence-electron chi connectivity index (χ0n) is 6.76. The van der Waals surface area contributed by atoms with Crippen molar-refractivity contribution >= 4 is 12.4 Å². The molecule has 0 aliphatic carbocycles. The summed E-state index contributed by atoms with van der Waals surface area (Å²) in [4.78, 5) is 2.16. The van der Waals surface area contributed by atoms with Crippen molar-refractivity contribution in [2.45, 2.75) is 19.8 Å². The van der Waals surface area contributed by atoms with E-state index in [1.165, 1.54) is 12.8 Å². The largest absolute Gasteiger partial charge is 0.295 e. The van der Waals surface area contributed by atoms with Crippen molar-refractivity contribution in [1.82, 2.24) is 4.90 Å². The summed E-state index contributed by atoms with van der Waals surface area (Å²) in [6, 6.07) is 0. The lowest BCUT2D eigenvalue weighted by Gasteiger charge is -2.10. The molecule has 0 aromatic heterocycles. The van der Waals surface area contributed by atoms with E-state index in [0.29, 0.717) is 0 Å². The van der Waals surface area contributed by atoms with Crippen molar-refractivity contribution in [3.8, 4) is 12.3 Å². The minimum atomic E-state index is 0. The highest BCUT2D eigenvalue weighted by atomic mass is 35.5. The van der Waals surface area contributed by atoms with Crippen LogP contribution in [0.2, 0.25) is 0 Å². The van der Waals surface area contributed by atoms with Gasteiger partial charge in [-0.05, 0) is 20.0 Å². The Bertz CT molecular complexity index is 95.9. The molecule has 0 radical (unpaired) electrons. The van der Waals surface area contributed by atoms with Gasteiger partial charge in [-0.25, -0.2) is 0 Å². The molecule has 0 atom stereocenters. The van der Waals surface area contributed by atoms with Gasteiger partial charge in [0.15, 0.2) is 0 Å². The third kappa shape index (κ3) is 7.81. The van der Waals surface area contributed by atoms with Crippen molar-refractivity contribution < 1.29 is 0 Å². The van der Waals surface area contributed by atoms with E-state index in [2.05, 4.69) is 24.8 Å². The van der Waals surface area contributed by atoms with Crippen molar-refractivity contribution in [2.24, 2.45) is 0 Å². The molecule has 10 heavy (non-hydrogen) atoms. The monoisotopic (exact) mass is 161 g/mol. The first-order valence-electron chi connectivity index (χ1n) is 3.43. The fourth-order valence-corrected chi connectivity index (χ4v) is 0.663. The molecule has 0 heterocycles. The molecule has 0 aromatic carbocycles. The summed E-state index contributed by atoms with van der Waals surface area (Å²) in [5.41, 5.74) is 0. The summed E-state index contributed by atoms with van der Waals surface area (Å²) in [5.74, 6) is 2.60. The predicted octanol–water partition coefficient (Wildman–Crippen LogP) is 1.77. The minimum absolute atomic E-state index is 0. The second-order valence-corrected chi connectivity index (χ2v) is 2.30. The van der Waals surface area contributed by atoms with E-state index >= 15 is 0 Å². The first-order valence-corrected chi connectivity index (χ1v) is 3.43. The van der Waals surface area contributed by atoms with Crippen LogP contribution in [0, 0.1) is 12.3 Å². The maximum atomic E-state index is 5.11. The van der Waals surface area contributed by atoms with Crippen LogP contribution in [0.4, 0.5) is 0 Å². The fourth-order valence-electron chi connectivity index (χ4n) is 0.663. The SMILES string of the molecule is C#CCN(C)CCCC.Cl. The molecule has 0 spiro atoms. The van der Waals surface area contributed by atoms with Gasteiger partial charge in [-0.2, -0.15) is 0 Å². The summed E-state index contributed by atoms with van der Waals surface area (Å²) in [5, 5.41) is 0. The first kappa shape index (κ1) is 12.5. The number of halogens is 1. The summed E-state index contributed by atoms with van der Waals surface area (Å²) in [7, 11) is 2.05. The Kier molecular flexibility index (Phi) is 11.0. The Morgan fingerprint density at radius 1 is 1.50 bits per heavy atom. The molecular weight excluding hydrogens is 146 g/mol.